The fourth-order valence-electron chi connectivity index (χ4n) is 6.59. The Morgan fingerprint density at radius 2 is 2.03 bits per heavy atom. The molecule has 5 heteroatoms. The van der Waals surface area contributed by atoms with Crippen molar-refractivity contribution in [2.45, 2.75) is 57.0 Å². The molecule has 29 heavy (non-hydrogen) atoms. The predicted octanol–water partition coefficient (Wildman–Crippen LogP) is 3.07. The van der Waals surface area contributed by atoms with Crippen LogP contribution in [0.15, 0.2) is 24.3 Å². The van der Waals surface area contributed by atoms with Crippen LogP contribution in [0.4, 0.5) is 4.39 Å². The van der Waals surface area contributed by atoms with Crippen LogP contribution in [-0.2, 0) is 11.2 Å². The number of nitrogens with one attached hydrogen (secondary N) is 1. The van der Waals surface area contributed by atoms with Gasteiger partial charge in [0, 0.05) is 31.7 Å². The number of fused-ring (bicyclic) bond motifs is 4. The second kappa shape index (κ2) is 8.35. The van der Waals surface area contributed by atoms with Crippen molar-refractivity contribution in [2.75, 3.05) is 32.7 Å². The largest absolute Gasteiger partial charge is 0.342 e. The van der Waals surface area contributed by atoms with Crippen molar-refractivity contribution < 1.29 is 9.18 Å². The third kappa shape index (κ3) is 3.96. The van der Waals surface area contributed by atoms with Crippen molar-refractivity contribution in [1.82, 2.24) is 15.1 Å². The van der Waals surface area contributed by atoms with E-state index in [9.17, 15) is 9.18 Å². The summed E-state index contributed by atoms with van der Waals surface area (Å²) in [4.78, 5) is 18.2. The Morgan fingerprint density at radius 3 is 2.86 bits per heavy atom. The van der Waals surface area contributed by atoms with Gasteiger partial charge in [-0.05, 0) is 81.1 Å². The summed E-state index contributed by atoms with van der Waals surface area (Å²) in [6.07, 6.45) is 8.09. The molecule has 0 unspecified atom stereocenters. The molecule has 4 nitrogen and oxygen atoms in total. The summed E-state index contributed by atoms with van der Waals surface area (Å²) in [5.41, 5.74) is 1.10. The van der Waals surface area contributed by atoms with Gasteiger partial charge in [-0.1, -0.05) is 18.6 Å². The lowest BCUT2D eigenvalue weighted by Crippen LogP contribution is -2.65. The molecule has 1 aromatic rings. The molecule has 4 heterocycles. The molecular weight excluding hydrogens is 365 g/mol. The van der Waals surface area contributed by atoms with E-state index in [4.69, 9.17) is 0 Å². The number of hydrogen-bond acceptors (Lipinski definition) is 3. The topological polar surface area (TPSA) is 35.6 Å². The monoisotopic (exact) mass is 399 g/mol. The fourth-order valence-corrected chi connectivity index (χ4v) is 6.59. The Balaban J connectivity index is 1.37. The highest BCUT2D eigenvalue weighted by molar-refractivity contribution is 5.79. The summed E-state index contributed by atoms with van der Waals surface area (Å²) < 4.78 is 13.8. The van der Waals surface area contributed by atoms with Crippen LogP contribution in [-0.4, -0.2) is 60.5 Å². The molecule has 5 atom stereocenters. The van der Waals surface area contributed by atoms with Crippen molar-refractivity contribution in [3.63, 3.8) is 0 Å². The number of rotatable bonds is 3. The number of benzene rings is 1. The molecule has 4 aliphatic heterocycles. The summed E-state index contributed by atoms with van der Waals surface area (Å²) >= 11 is 0. The zero-order chi connectivity index (χ0) is 19.8. The third-order valence-electron chi connectivity index (χ3n) is 7.91. The first-order chi connectivity index (χ1) is 14.2. The van der Waals surface area contributed by atoms with E-state index in [0.717, 1.165) is 57.5 Å². The summed E-state index contributed by atoms with van der Waals surface area (Å²) in [6, 6.07) is 8.15. The quantitative estimate of drug-likeness (QED) is 0.849. The van der Waals surface area contributed by atoms with Crippen molar-refractivity contribution in [3.8, 4) is 0 Å². The molecule has 1 aromatic carbocycles. The van der Waals surface area contributed by atoms with Gasteiger partial charge in [0.2, 0.25) is 5.91 Å². The Morgan fingerprint density at radius 1 is 1.14 bits per heavy atom. The first-order valence-corrected chi connectivity index (χ1v) is 11.7. The van der Waals surface area contributed by atoms with Crippen molar-refractivity contribution in [3.05, 3.63) is 35.6 Å². The van der Waals surface area contributed by atoms with Gasteiger partial charge in [0.25, 0.3) is 0 Å². The number of carbonyl (C=O) groups is 1. The van der Waals surface area contributed by atoms with Crippen LogP contribution < -0.4 is 5.32 Å². The van der Waals surface area contributed by atoms with E-state index >= 15 is 0 Å². The van der Waals surface area contributed by atoms with Gasteiger partial charge in [-0.25, -0.2) is 4.39 Å². The van der Waals surface area contributed by atoms with Gasteiger partial charge >= 0.3 is 0 Å². The van der Waals surface area contributed by atoms with Gasteiger partial charge in [-0.3, -0.25) is 9.69 Å². The molecule has 1 amide bonds. The second-order valence-electron chi connectivity index (χ2n) is 9.74. The van der Waals surface area contributed by atoms with Crippen molar-refractivity contribution in [1.29, 1.82) is 0 Å². The Bertz CT molecular complexity index is 735. The van der Waals surface area contributed by atoms with Crippen LogP contribution >= 0.6 is 0 Å². The highest BCUT2D eigenvalue weighted by Crippen LogP contribution is 2.42. The van der Waals surface area contributed by atoms with E-state index in [0.29, 0.717) is 29.8 Å². The molecule has 2 bridgehead atoms. The highest BCUT2D eigenvalue weighted by atomic mass is 19.1. The van der Waals surface area contributed by atoms with Crippen LogP contribution in [0.2, 0.25) is 0 Å². The van der Waals surface area contributed by atoms with Gasteiger partial charge in [0.05, 0.1) is 5.92 Å². The minimum Gasteiger partial charge on any atom is -0.342 e. The molecular formula is C24H34FN3O. The predicted molar refractivity (Wildman–Crippen MR) is 112 cm³/mol. The molecule has 5 rings (SSSR count). The lowest BCUT2D eigenvalue weighted by atomic mass is 9.70. The van der Waals surface area contributed by atoms with Gasteiger partial charge < -0.3 is 10.2 Å². The summed E-state index contributed by atoms with van der Waals surface area (Å²) in [5, 5.41) is 3.41. The van der Waals surface area contributed by atoms with Crippen molar-refractivity contribution in [2.24, 2.45) is 17.8 Å². The summed E-state index contributed by atoms with van der Waals surface area (Å²) in [5.74, 6) is 1.51. The standard InChI is InChI=1S/C24H34FN3O/c25-21-7-3-5-17(11-21)12-23-20-13-19(22-8-1-2-10-28(22)23)15-27(16-20)24(29)18-6-4-9-26-14-18/h3,5,7,11,18-20,22-23,26H,1-2,4,6,8-10,12-16H2/t18-,19+,20-,22-,23-/m0/s1. The second-order valence-corrected chi connectivity index (χ2v) is 9.74. The van der Waals surface area contributed by atoms with Gasteiger partial charge in [0.1, 0.15) is 5.82 Å². The Labute approximate surface area is 173 Å². The number of hydrogen-bond donors (Lipinski definition) is 1. The molecule has 0 spiro atoms. The zero-order valence-corrected chi connectivity index (χ0v) is 17.4. The van der Waals surface area contributed by atoms with E-state index < -0.39 is 0 Å². The molecule has 0 radical (unpaired) electrons. The average molecular weight is 400 g/mol. The number of nitrogens with zero attached hydrogens (tertiary/aromatic N) is 2. The Kier molecular flexibility index (Phi) is 5.61. The zero-order valence-electron chi connectivity index (χ0n) is 17.4. The molecule has 4 fully saturated rings. The molecule has 1 N–H and O–H groups in total. The van der Waals surface area contributed by atoms with Crippen LogP contribution in [0.3, 0.4) is 0 Å². The van der Waals surface area contributed by atoms with Gasteiger partial charge in [0.15, 0.2) is 0 Å². The number of carbonyl (C=O) groups excluding carboxylic acids is 1. The lowest BCUT2D eigenvalue weighted by Gasteiger charge is -2.57. The first-order valence-electron chi connectivity index (χ1n) is 11.7. The summed E-state index contributed by atoms with van der Waals surface area (Å²) in [6.45, 7) is 4.88. The van der Waals surface area contributed by atoms with E-state index in [2.05, 4.69) is 21.2 Å². The lowest BCUT2D eigenvalue weighted by molar-refractivity contribution is -0.145. The maximum absolute atomic E-state index is 13.8. The molecule has 0 saturated carbocycles. The fraction of sp³-hybridized carbons (Fsp3) is 0.708. The van der Waals surface area contributed by atoms with Crippen LogP contribution in [0, 0.1) is 23.6 Å². The first kappa shape index (κ1) is 19.5. The SMILES string of the molecule is O=C([C@H]1CCCNC1)N1C[C@H]2C[C@@H](C1)[C@H](Cc1cccc(F)c1)N1CCCC[C@@H]21. The molecule has 0 aromatic heterocycles. The van der Waals surface area contributed by atoms with Crippen LogP contribution in [0.1, 0.15) is 44.1 Å². The minimum atomic E-state index is -0.142. The van der Waals surface area contributed by atoms with Crippen molar-refractivity contribution >= 4 is 5.91 Å². The highest BCUT2D eigenvalue weighted by Gasteiger charge is 2.48. The van der Waals surface area contributed by atoms with Gasteiger partial charge in [-0.2, -0.15) is 0 Å². The van der Waals surface area contributed by atoms with E-state index in [1.807, 2.05) is 6.07 Å². The third-order valence-corrected chi connectivity index (χ3v) is 7.91. The van der Waals surface area contributed by atoms with E-state index in [1.165, 1.54) is 31.7 Å². The molecule has 0 aliphatic carbocycles. The van der Waals surface area contributed by atoms with Gasteiger partial charge in [-0.15, -0.1) is 0 Å². The molecule has 4 saturated heterocycles. The van der Waals surface area contributed by atoms with Crippen LogP contribution in [0.5, 0.6) is 0 Å². The average Bonchev–Trinajstić information content (AvgIpc) is 2.77. The number of halogens is 1. The summed E-state index contributed by atoms with van der Waals surface area (Å²) in [7, 11) is 0. The van der Waals surface area contributed by atoms with E-state index in [-0.39, 0.29) is 11.7 Å². The molecule has 4 aliphatic rings. The van der Waals surface area contributed by atoms with Crippen LogP contribution in [0.25, 0.3) is 0 Å². The molecule has 158 valence electrons. The van der Waals surface area contributed by atoms with E-state index in [1.54, 1.807) is 6.07 Å². The normalized spacial score (nSPS) is 35.2. The number of amides is 1. The minimum absolute atomic E-state index is 0.142. The Hall–Kier alpha value is -1.46. The number of likely N-dealkylation sites (tertiary alicyclic amines) is 1. The smallest absolute Gasteiger partial charge is 0.226 e. The maximum Gasteiger partial charge on any atom is 0.226 e. The number of piperidine rings is 4. The maximum atomic E-state index is 13.8.